The molecule has 150 valence electrons. The summed E-state index contributed by atoms with van der Waals surface area (Å²) >= 11 is 0. The molecule has 0 aliphatic rings. The molecule has 0 aromatic heterocycles. The molecule has 1 nitrogen and oxygen atoms in total. The van der Waals surface area contributed by atoms with Gasteiger partial charge in [0.05, 0.1) is 0 Å². The summed E-state index contributed by atoms with van der Waals surface area (Å²) in [6.07, 6.45) is 32.1. The Kier molecular flexibility index (Phi) is 23.4. The van der Waals surface area contributed by atoms with Crippen molar-refractivity contribution in [1.29, 1.82) is 0 Å². The predicted molar refractivity (Wildman–Crippen MR) is 114 cm³/mol. The third-order valence-corrected chi connectivity index (χ3v) is 5.17. The maximum Gasteiger partial charge on any atom is 0.0431 e. The molecule has 1 heteroatoms. The molecule has 0 unspecified atom stereocenters. The smallest absolute Gasteiger partial charge is 0.0431 e. The van der Waals surface area contributed by atoms with E-state index in [2.05, 4.69) is 19.1 Å². The van der Waals surface area contributed by atoms with Crippen LogP contribution in [0.25, 0.3) is 0 Å². The van der Waals surface area contributed by atoms with Crippen molar-refractivity contribution in [1.82, 2.24) is 0 Å². The second-order valence-corrected chi connectivity index (χ2v) is 7.78. The molecule has 0 saturated heterocycles. The van der Waals surface area contributed by atoms with Crippen LogP contribution in [0.2, 0.25) is 0 Å². The quantitative estimate of drug-likeness (QED) is 0.162. The Hall–Kier alpha value is -0.300. The first-order valence-electron chi connectivity index (χ1n) is 11.7. The van der Waals surface area contributed by atoms with Crippen molar-refractivity contribution in [3.8, 4) is 0 Å². The highest BCUT2D eigenvalue weighted by molar-refractivity contribution is 4.81. The van der Waals surface area contributed by atoms with Crippen LogP contribution in [0.15, 0.2) is 12.2 Å². The first kappa shape index (κ1) is 24.7. The maximum atomic E-state index is 8.72. The molecular weight excluding hydrogens is 304 g/mol. The molecule has 0 radical (unpaired) electrons. The molecule has 0 aliphatic heterocycles. The van der Waals surface area contributed by atoms with Crippen LogP contribution in [0.3, 0.4) is 0 Å². The van der Waals surface area contributed by atoms with E-state index in [1.54, 1.807) is 0 Å². The van der Waals surface area contributed by atoms with Crippen LogP contribution in [0.4, 0.5) is 0 Å². The minimum Gasteiger partial charge on any atom is -0.396 e. The highest BCUT2D eigenvalue weighted by Gasteiger charge is 1.93. The summed E-state index contributed by atoms with van der Waals surface area (Å²) in [6.45, 7) is 2.66. The van der Waals surface area contributed by atoms with E-state index in [0.717, 1.165) is 6.42 Å². The van der Waals surface area contributed by atoms with Gasteiger partial charge in [0.25, 0.3) is 0 Å². The minimum atomic E-state index is 0.369. The van der Waals surface area contributed by atoms with E-state index < -0.39 is 0 Å². The zero-order chi connectivity index (χ0) is 18.3. The Bertz CT molecular complexity index is 246. The summed E-state index contributed by atoms with van der Waals surface area (Å²) in [6, 6.07) is 0. The lowest BCUT2D eigenvalue weighted by Crippen LogP contribution is -1.84. The summed E-state index contributed by atoms with van der Waals surface area (Å²) in [7, 11) is 0. The van der Waals surface area contributed by atoms with Gasteiger partial charge in [-0.05, 0) is 32.1 Å². The molecule has 0 aromatic rings. The van der Waals surface area contributed by atoms with Gasteiger partial charge < -0.3 is 5.11 Å². The topological polar surface area (TPSA) is 20.2 Å². The molecule has 0 bridgehead atoms. The van der Waals surface area contributed by atoms with Crippen LogP contribution >= 0.6 is 0 Å². The van der Waals surface area contributed by atoms with Gasteiger partial charge in [0.1, 0.15) is 0 Å². The molecule has 25 heavy (non-hydrogen) atoms. The average molecular weight is 353 g/mol. The van der Waals surface area contributed by atoms with Gasteiger partial charge in [-0.25, -0.2) is 0 Å². The van der Waals surface area contributed by atoms with Crippen molar-refractivity contribution in [2.45, 2.75) is 135 Å². The zero-order valence-corrected chi connectivity index (χ0v) is 17.5. The lowest BCUT2D eigenvalue weighted by atomic mass is 10.1. The van der Waals surface area contributed by atoms with Gasteiger partial charge in [-0.2, -0.15) is 0 Å². The van der Waals surface area contributed by atoms with Crippen molar-refractivity contribution < 1.29 is 5.11 Å². The Morgan fingerprint density at radius 1 is 0.440 bits per heavy atom. The third kappa shape index (κ3) is 23.7. The second-order valence-electron chi connectivity index (χ2n) is 7.78. The van der Waals surface area contributed by atoms with E-state index in [-0.39, 0.29) is 0 Å². The predicted octanol–water partition coefficient (Wildman–Crippen LogP) is 8.36. The fraction of sp³-hybridized carbons (Fsp3) is 0.917. The van der Waals surface area contributed by atoms with Gasteiger partial charge in [-0.15, -0.1) is 0 Å². The number of hydrogen-bond donors (Lipinski definition) is 1. The lowest BCUT2D eigenvalue weighted by molar-refractivity contribution is 0.282. The van der Waals surface area contributed by atoms with Crippen molar-refractivity contribution in [2.24, 2.45) is 0 Å². The molecule has 0 saturated carbocycles. The molecule has 1 N–H and O–H groups in total. The number of aliphatic hydroxyl groups is 1. The van der Waals surface area contributed by atoms with E-state index in [1.807, 2.05) is 0 Å². The lowest BCUT2D eigenvalue weighted by Gasteiger charge is -2.01. The van der Waals surface area contributed by atoms with Crippen LogP contribution in [-0.4, -0.2) is 11.7 Å². The van der Waals surface area contributed by atoms with Gasteiger partial charge in [-0.3, -0.25) is 0 Å². The second kappa shape index (κ2) is 23.7. The standard InChI is InChI=1S/C24H48O/c1-2-3-4-5-6-7-8-9-10-11-12-13-14-15-16-17-18-19-20-21-22-23-24-25/h11-12,25H,2-10,13-24H2,1H3/b12-11+. The molecular formula is C24H48O. The summed E-state index contributed by atoms with van der Waals surface area (Å²) in [5, 5.41) is 8.72. The Balaban J connectivity index is 3.04. The number of aliphatic hydroxyl groups excluding tert-OH is 1. The van der Waals surface area contributed by atoms with Crippen LogP contribution < -0.4 is 0 Å². The molecule has 0 amide bonds. The summed E-state index contributed by atoms with van der Waals surface area (Å²) in [5.41, 5.74) is 0. The van der Waals surface area contributed by atoms with Crippen molar-refractivity contribution in [3.05, 3.63) is 12.2 Å². The molecule has 0 fully saturated rings. The fourth-order valence-electron chi connectivity index (χ4n) is 3.42. The third-order valence-electron chi connectivity index (χ3n) is 5.17. The van der Waals surface area contributed by atoms with Crippen LogP contribution in [0.5, 0.6) is 0 Å². The first-order chi connectivity index (χ1) is 12.4. The number of hydrogen-bond acceptors (Lipinski definition) is 1. The molecule has 0 rings (SSSR count). The van der Waals surface area contributed by atoms with Crippen LogP contribution in [0, 0.1) is 0 Å². The first-order valence-corrected chi connectivity index (χ1v) is 11.7. The van der Waals surface area contributed by atoms with Crippen LogP contribution in [0.1, 0.15) is 135 Å². The minimum absolute atomic E-state index is 0.369. The molecule has 0 atom stereocenters. The molecule has 0 spiro atoms. The molecule has 0 aromatic carbocycles. The van der Waals surface area contributed by atoms with E-state index in [0.29, 0.717) is 6.61 Å². The van der Waals surface area contributed by atoms with E-state index in [4.69, 9.17) is 5.11 Å². The zero-order valence-electron chi connectivity index (χ0n) is 17.5. The summed E-state index contributed by atoms with van der Waals surface area (Å²) in [5.74, 6) is 0. The van der Waals surface area contributed by atoms with Crippen LogP contribution in [-0.2, 0) is 0 Å². The summed E-state index contributed by atoms with van der Waals surface area (Å²) in [4.78, 5) is 0. The fourth-order valence-corrected chi connectivity index (χ4v) is 3.42. The van der Waals surface area contributed by atoms with Crippen molar-refractivity contribution in [2.75, 3.05) is 6.61 Å². The number of unbranched alkanes of at least 4 members (excludes halogenated alkanes) is 18. The Labute approximate surface area is 159 Å². The van der Waals surface area contributed by atoms with Gasteiger partial charge in [0, 0.05) is 6.61 Å². The largest absolute Gasteiger partial charge is 0.396 e. The summed E-state index contributed by atoms with van der Waals surface area (Å²) < 4.78 is 0. The normalized spacial score (nSPS) is 11.6. The van der Waals surface area contributed by atoms with Crippen molar-refractivity contribution >= 4 is 0 Å². The van der Waals surface area contributed by atoms with Crippen molar-refractivity contribution in [3.63, 3.8) is 0 Å². The van der Waals surface area contributed by atoms with Gasteiger partial charge >= 0.3 is 0 Å². The molecule has 0 aliphatic carbocycles. The van der Waals surface area contributed by atoms with E-state index in [1.165, 1.54) is 122 Å². The Morgan fingerprint density at radius 2 is 0.760 bits per heavy atom. The Morgan fingerprint density at radius 3 is 1.12 bits per heavy atom. The van der Waals surface area contributed by atoms with E-state index >= 15 is 0 Å². The highest BCUT2D eigenvalue weighted by atomic mass is 16.2. The molecule has 0 heterocycles. The van der Waals surface area contributed by atoms with Gasteiger partial charge in [0.15, 0.2) is 0 Å². The number of allylic oxidation sites excluding steroid dienone is 2. The monoisotopic (exact) mass is 352 g/mol. The SMILES string of the molecule is CCCCCCCCCC/C=C/CCCCCCCCCCCCO. The highest BCUT2D eigenvalue weighted by Crippen LogP contribution is 2.12. The maximum absolute atomic E-state index is 8.72. The number of rotatable bonds is 21. The van der Waals surface area contributed by atoms with Gasteiger partial charge in [0.2, 0.25) is 0 Å². The van der Waals surface area contributed by atoms with Gasteiger partial charge in [-0.1, -0.05) is 115 Å². The average Bonchev–Trinajstić information content (AvgIpc) is 2.63. The van der Waals surface area contributed by atoms with E-state index in [9.17, 15) is 0 Å².